The van der Waals surface area contributed by atoms with E-state index >= 15 is 0 Å². The van der Waals surface area contributed by atoms with Gasteiger partial charge in [0.05, 0.1) is 26.4 Å². The molecule has 2 aromatic rings. The summed E-state index contributed by atoms with van der Waals surface area (Å²) in [5.41, 5.74) is 4.03. The standard InChI is InChI=1S/C22H27NO3/c1-24-20-13-17-10-11-23(15-16-7-4-3-5-8-16)22(19-9-6-12-26-19)18(17)14-21(20)25-2/h3-5,7-8,13-14,19,22H,6,9-12,15H2,1-2H3/t19?,22-/m0/s1. The van der Waals surface area contributed by atoms with E-state index in [1.807, 2.05) is 0 Å². The Kier molecular flexibility index (Phi) is 5.14. The molecule has 1 unspecified atom stereocenters. The number of benzene rings is 2. The molecule has 138 valence electrons. The lowest BCUT2D eigenvalue weighted by molar-refractivity contribution is 0.0138. The second kappa shape index (κ2) is 7.68. The fourth-order valence-corrected chi connectivity index (χ4v) is 4.31. The fourth-order valence-electron chi connectivity index (χ4n) is 4.31. The lowest BCUT2D eigenvalue weighted by atomic mass is 9.87. The number of rotatable bonds is 5. The largest absolute Gasteiger partial charge is 0.493 e. The molecule has 2 heterocycles. The van der Waals surface area contributed by atoms with Crippen LogP contribution < -0.4 is 9.47 Å². The van der Waals surface area contributed by atoms with E-state index in [1.54, 1.807) is 14.2 Å². The SMILES string of the molecule is COc1cc2c(cc1OC)[C@@H](C1CCCO1)N(Cc1ccccc1)CC2. The van der Waals surface area contributed by atoms with Gasteiger partial charge in [-0.1, -0.05) is 30.3 Å². The Morgan fingerprint density at radius 2 is 1.85 bits per heavy atom. The number of ether oxygens (including phenoxy) is 3. The van der Waals surface area contributed by atoms with Crippen molar-refractivity contribution in [3.8, 4) is 11.5 Å². The Balaban J connectivity index is 1.71. The van der Waals surface area contributed by atoms with Gasteiger partial charge in [0.2, 0.25) is 0 Å². The first kappa shape index (κ1) is 17.4. The van der Waals surface area contributed by atoms with Gasteiger partial charge in [-0.15, -0.1) is 0 Å². The molecule has 1 fully saturated rings. The van der Waals surface area contributed by atoms with Crippen molar-refractivity contribution < 1.29 is 14.2 Å². The number of methoxy groups -OCH3 is 2. The van der Waals surface area contributed by atoms with E-state index in [2.05, 4.69) is 47.4 Å². The molecule has 0 aliphatic carbocycles. The summed E-state index contributed by atoms with van der Waals surface area (Å²) in [5.74, 6) is 1.62. The molecule has 4 nitrogen and oxygen atoms in total. The molecule has 1 saturated heterocycles. The van der Waals surface area contributed by atoms with Crippen LogP contribution in [0.1, 0.15) is 35.6 Å². The summed E-state index contributed by atoms with van der Waals surface area (Å²) in [6.45, 7) is 2.84. The van der Waals surface area contributed by atoms with Crippen molar-refractivity contribution >= 4 is 0 Å². The molecule has 0 saturated carbocycles. The third-order valence-corrected chi connectivity index (χ3v) is 5.57. The molecule has 0 radical (unpaired) electrons. The van der Waals surface area contributed by atoms with Gasteiger partial charge in [-0.3, -0.25) is 4.90 Å². The summed E-state index contributed by atoms with van der Waals surface area (Å²) < 4.78 is 17.2. The molecule has 0 N–H and O–H groups in total. The molecule has 0 spiro atoms. The normalized spacial score (nSPS) is 22.8. The van der Waals surface area contributed by atoms with Crippen LogP contribution in [-0.2, 0) is 17.7 Å². The van der Waals surface area contributed by atoms with Gasteiger partial charge in [-0.05, 0) is 48.1 Å². The van der Waals surface area contributed by atoms with E-state index in [9.17, 15) is 0 Å². The van der Waals surface area contributed by atoms with E-state index in [-0.39, 0.29) is 12.1 Å². The maximum absolute atomic E-state index is 6.13. The van der Waals surface area contributed by atoms with Crippen LogP contribution in [-0.4, -0.2) is 38.4 Å². The lowest BCUT2D eigenvalue weighted by Crippen LogP contribution is -2.41. The Bertz CT molecular complexity index is 741. The van der Waals surface area contributed by atoms with Gasteiger partial charge in [0.15, 0.2) is 11.5 Å². The molecule has 26 heavy (non-hydrogen) atoms. The highest BCUT2D eigenvalue weighted by Gasteiger charge is 2.36. The first-order chi connectivity index (χ1) is 12.8. The predicted molar refractivity (Wildman–Crippen MR) is 102 cm³/mol. The molecular weight excluding hydrogens is 326 g/mol. The average molecular weight is 353 g/mol. The van der Waals surface area contributed by atoms with E-state index in [4.69, 9.17) is 14.2 Å². The number of fused-ring (bicyclic) bond motifs is 1. The minimum atomic E-state index is 0.246. The van der Waals surface area contributed by atoms with Crippen LogP contribution in [0.3, 0.4) is 0 Å². The Morgan fingerprint density at radius 1 is 1.08 bits per heavy atom. The van der Waals surface area contributed by atoms with E-state index < -0.39 is 0 Å². The zero-order chi connectivity index (χ0) is 17.9. The molecule has 0 bridgehead atoms. The quantitative estimate of drug-likeness (QED) is 0.813. The van der Waals surface area contributed by atoms with Gasteiger partial charge >= 0.3 is 0 Å². The molecule has 2 aromatic carbocycles. The van der Waals surface area contributed by atoms with Crippen molar-refractivity contribution in [2.75, 3.05) is 27.4 Å². The summed E-state index contributed by atoms with van der Waals surface area (Å²) in [4.78, 5) is 2.57. The van der Waals surface area contributed by atoms with Crippen molar-refractivity contribution in [1.29, 1.82) is 0 Å². The van der Waals surface area contributed by atoms with Crippen LogP contribution in [0, 0.1) is 0 Å². The summed E-state index contributed by atoms with van der Waals surface area (Å²) in [7, 11) is 3.40. The van der Waals surface area contributed by atoms with Crippen molar-refractivity contribution in [3.05, 3.63) is 59.2 Å². The number of nitrogens with zero attached hydrogens (tertiary/aromatic N) is 1. The highest BCUT2D eigenvalue weighted by molar-refractivity contribution is 5.50. The summed E-state index contributed by atoms with van der Waals surface area (Å²) in [6.07, 6.45) is 3.52. The van der Waals surface area contributed by atoms with Gasteiger partial charge in [0.25, 0.3) is 0 Å². The zero-order valence-electron chi connectivity index (χ0n) is 15.6. The van der Waals surface area contributed by atoms with Gasteiger partial charge in [-0.2, -0.15) is 0 Å². The smallest absolute Gasteiger partial charge is 0.161 e. The Labute approximate surface area is 155 Å². The molecule has 4 heteroatoms. The van der Waals surface area contributed by atoms with Gasteiger partial charge in [0.1, 0.15) is 0 Å². The molecule has 2 aliphatic rings. The van der Waals surface area contributed by atoms with Gasteiger partial charge in [-0.25, -0.2) is 0 Å². The van der Waals surface area contributed by atoms with Crippen LogP contribution in [0.4, 0.5) is 0 Å². The molecular formula is C22H27NO3. The molecule has 2 aliphatic heterocycles. The van der Waals surface area contributed by atoms with E-state index in [0.29, 0.717) is 0 Å². The highest BCUT2D eigenvalue weighted by Crippen LogP contribution is 2.42. The minimum Gasteiger partial charge on any atom is -0.493 e. The molecule has 4 rings (SSSR count). The van der Waals surface area contributed by atoms with Crippen molar-refractivity contribution in [2.45, 2.75) is 38.0 Å². The average Bonchev–Trinajstić information content (AvgIpc) is 3.21. The maximum Gasteiger partial charge on any atom is 0.161 e. The van der Waals surface area contributed by atoms with Crippen LogP contribution in [0.15, 0.2) is 42.5 Å². The summed E-state index contributed by atoms with van der Waals surface area (Å²) in [5, 5.41) is 0. The van der Waals surface area contributed by atoms with Crippen LogP contribution in [0.25, 0.3) is 0 Å². The van der Waals surface area contributed by atoms with Gasteiger partial charge < -0.3 is 14.2 Å². The molecule has 0 amide bonds. The number of hydrogen-bond donors (Lipinski definition) is 0. The van der Waals surface area contributed by atoms with Crippen LogP contribution in [0.5, 0.6) is 11.5 Å². The van der Waals surface area contributed by atoms with Crippen LogP contribution >= 0.6 is 0 Å². The fraction of sp³-hybridized carbons (Fsp3) is 0.455. The Hall–Kier alpha value is -2.04. The van der Waals surface area contributed by atoms with Gasteiger partial charge in [0, 0.05) is 19.7 Å². The van der Waals surface area contributed by atoms with E-state index in [0.717, 1.165) is 50.5 Å². The highest BCUT2D eigenvalue weighted by atomic mass is 16.5. The first-order valence-electron chi connectivity index (χ1n) is 9.44. The zero-order valence-corrected chi connectivity index (χ0v) is 15.6. The second-order valence-corrected chi connectivity index (χ2v) is 7.11. The summed E-state index contributed by atoms with van der Waals surface area (Å²) in [6, 6.07) is 15.3. The van der Waals surface area contributed by atoms with E-state index in [1.165, 1.54) is 16.7 Å². The van der Waals surface area contributed by atoms with Crippen LogP contribution in [0.2, 0.25) is 0 Å². The second-order valence-electron chi connectivity index (χ2n) is 7.11. The number of hydrogen-bond acceptors (Lipinski definition) is 4. The molecule has 2 atom stereocenters. The first-order valence-corrected chi connectivity index (χ1v) is 9.44. The van der Waals surface area contributed by atoms with Crippen molar-refractivity contribution in [3.63, 3.8) is 0 Å². The Morgan fingerprint density at radius 3 is 2.54 bits per heavy atom. The summed E-state index contributed by atoms with van der Waals surface area (Å²) >= 11 is 0. The molecule has 0 aromatic heterocycles. The lowest BCUT2D eigenvalue weighted by Gasteiger charge is -2.40. The minimum absolute atomic E-state index is 0.246. The van der Waals surface area contributed by atoms with Crippen molar-refractivity contribution in [1.82, 2.24) is 4.90 Å². The third kappa shape index (κ3) is 3.31. The van der Waals surface area contributed by atoms with Crippen molar-refractivity contribution in [2.24, 2.45) is 0 Å². The monoisotopic (exact) mass is 353 g/mol. The third-order valence-electron chi connectivity index (χ3n) is 5.57. The predicted octanol–water partition coefficient (Wildman–Crippen LogP) is 3.98. The topological polar surface area (TPSA) is 30.9 Å². The maximum atomic E-state index is 6.13.